The molecular weight excluding hydrogens is 184 g/mol. The molecule has 0 radical (unpaired) electrons. The summed E-state index contributed by atoms with van der Waals surface area (Å²) in [5.41, 5.74) is 6.17. The second-order valence-corrected chi connectivity index (χ2v) is 3.67. The molecule has 2 N–H and O–H groups in total. The summed E-state index contributed by atoms with van der Waals surface area (Å²) in [6, 6.07) is 2.71. The zero-order chi connectivity index (χ0) is 10.7. The molecule has 0 bridgehead atoms. The third-order valence-corrected chi connectivity index (χ3v) is 2.23. The quantitative estimate of drug-likeness (QED) is 0.795. The van der Waals surface area contributed by atoms with Gasteiger partial charge in [0, 0.05) is 11.6 Å². The predicted molar refractivity (Wildman–Crippen MR) is 53.1 cm³/mol. The van der Waals surface area contributed by atoms with E-state index in [2.05, 4.69) is 0 Å². The second kappa shape index (κ2) is 4.51. The van der Waals surface area contributed by atoms with Crippen LogP contribution < -0.4 is 5.73 Å². The van der Waals surface area contributed by atoms with Crippen LogP contribution in [0, 0.1) is 18.6 Å². The Bertz CT molecular complexity index is 321. The largest absolute Gasteiger partial charge is 0.328 e. The summed E-state index contributed by atoms with van der Waals surface area (Å²) in [4.78, 5) is 0. The molecule has 0 saturated carbocycles. The summed E-state index contributed by atoms with van der Waals surface area (Å²) in [6.07, 6.45) is 0.953. The first-order valence-electron chi connectivity index (χ1n) is 4.71. The molecule has 0 aliphatic heterocycles. The minimum Gasteiger partial charge on any atom is -0.328 e. The number of hydrogen-bond acceptors (Lipinski definition) is 1. The van der Waals surface area contributed by atoms with Crippen molar-refractivity contribution >= 4 is 0 Å². The van der Waals surface area contributed by atoms with E-state index in [1.54, 1.807) is 6.92 Å². The van der Waals surface area contributed by atoms with Crippen LogP contribution in [0.2, 0.25) is 0 Å². The number of rotatable bonds is 3. The van der Waals surface area contributed by atoms with E-state index >= 15 is 0 Å². The molecule has 0 aromatic heterocycles. The molecule has 0 aliphatic carbocycles. The van der Waals surface area contributed by atoms with Crippen molar-refractivity contribution in [1.82, 2.24) is 0 Å². The van der Waals surface area contributed by atoms with Gasteiger partial charge in [0.1, 0.15) is 11.6 Å². The number of aryl methyl sites for hydroxylation is 1. The van der Waals surface area contributed by atoms with E-state index in [1.165, 1.54) is 12.1 Å². The average Bonchev–Trinajstić information content (AvgIpc) is 2.11. The van der Waals surface area contributed by atoms with E-state index in [1.807, 2.05) is 6.92 Å². The van der Waals surface area contributed by atoms with Crippen LogP contribution >= 0.6 is 0 Å². The SMILES string of the molecule is Cc1ccc(F)c(CCC(C)N)c1F. The van der Waals surface area contributed by atoms with Crippen molar-refractivity contribution in [2.75, 3.05) is 0 Å². The minimum atomic E-state index is -0.478. The van der Waals surface area contributed by atoms with Crippen LogP contribution in [0.5, 0.6) is 0 Å². The van der Waals surface area contributed by atoms with Gasteiger partial charge in [-0.1, -0.05) is 6.07 Å². The van der Waals surface area contributed by atoms with E-state index in [0.29, 0.717) is 18.4 Å². The average molecular weight is 199 g/mol. The fourth-order valence-corrected chi connectivity index (χ4v) is 1.32. The molecular formula is C11H15F2N. The molecule has 1 unspecified atom stereocenters. The Morgan fingerprint density at radius 3 is 2.57 bits per heavy atom. The van der Waals surface area contributed by atoms with Crippen LogP contribution in [0.15, 0.2) is 12.1 Å². The van der Waals surface area contributed by atoms with Gasteiger partial charge >= 0.3 is 0 Å². The number of hydrogen-bond donors (Lipinski definition) is 1. The highest BCUT2D eigenvalue weighted by Crippen LogP contribution is 2.18. The summed E-state index contributed by atoms with van der Waals surface area (Å²) >= 11 is 0. The molecule has 1 atom stereocenters. The normalized spacial score (nSPS) is 12.9. The maximum Gasteiger partial charge on any atom is 0.132 e. The van der Waals surface area contributed by atoms with E-state index in [0.717, 1.165) is 0 Å². The van der Waals surface area contributed by atoms with Gasteiger partial charge in [-0.15, -0.1) is 0 Å². The van der Waals surface area contributed by atoms with Gasteiger partial charge in [-0.25, -0.2) is 8.78 Å². The zero-order valence-electron chi connectivity index (χ0n) is 8.48. The molecule has 0 aliphatic rings. The number of halogens is 2. The maximum atomic E-state index is 13.4. The lowest BCUT2D eigenvalue weighted by atomic mass is 10.0. The topological polar surface area (TPSA) is 26.0 Å². The van der Waals surface area contributed by atoms with E-state index in [4.69, 9.17) is 5.73 Å². The van der Waals surface area contributed by atoms with Crippen LogP contribution in [-0.4, -0.2) is 6.04 Å². The van der Waals surface area contributed by atoms with E-state index < -0.39 is 11.6 Å². The Kier molecular flexibility index (Phi) is 3.58. The molecule has 78 valence electrons. The van der Waals surface area contributed by atoms with Gasteiger partial charge in [0.05, 0.1) is 0 Å². The minimum absolute atomic E-state index is 0.0330. The van der Waals surface area contributed by atoms with Crippen molar-refractivity contribution in [2.24, 2.45) is 5.73 Å². The van der Waals surface area contributed by atoms with E-state index in [9.17, 15) is 8.78 Å². The van der Waals surface area contributed by atoms with Crippen molar-refractivity contribution in [2.45, 2.75) is 32.7 Å². The molecule has 0 saturated heterocycles. The van der Waals surface area contributed by atoms with Crippen LogP contribution in [0.3, 0.4) is 0 Å². The highest BCUT2D eigenvalue weighted by atomic mass is 19.1. The lowest BCUT2D eigenvalue weighted by Gasteiger charge is -2.08. The first-order valence-corrected chi connectivity index (χ1v) is 4.71. The van der Waals surface area contributed by atoms with E-state index in [-0.39, 0.29) is 11.6 Å². The summed E-state index contributed by atoms with van der Waals surface area (Å²) in [7, 11) is 0. The standard InChI is InChI=1S/C11H15F2N/c1-7-3-6-10(12)9(11(7)13)5-4-8(2)14/h3,6,8H,4-5,14H2,1-2H3. The fraction of sp³-hybridized carbons (Fsp3) is 0.455. The predicted octanol–water partition coefficient (Wildman–Crippen LogP) is 2.55. The molecule has 0 fully saturated rings. The molecule has 1 rings (SSSR count). The lowest BCUT2D eigenvalue weighted by Crippen LogP contribution is -2.16. The van der Waals surface area contributed by atoms with Gasteiger partial charge in [-0.2, -0.15) is 0 Å². The molecule has 1 nitrogen and oxygen atoms in total. The summed E-state index contributed by atoms with van der Waals surface area (Å²) in [5.74, 6) is -0.917. The van der Waals surface area contributed by atoms with Crippen molar-refractivity contribution in [3.8, 4) is 0 Å². The number of nitrogens with two attached hydrogens (primary N) is 1. The Balaban J connectivity index is 2.89. The number of benzene rings is 1. The molecule has 3 heteroatoms. The molecule has 0 spiro atoms. The zero-order valence-corrected chi connectivity index (χ0v) is 8.48. The van der Waals surface area contributed by atoms with Gasteiger partial charge in [0.2, 0.25) is 0 Å². The first kappa shape index (κ1) is 11.1. The van der Waals surface area contributed by atoms with Crippen LogP contribution in [0.25, 0.3) is 0 Å². The van der Waals surface area contributed by atoms with Crippen molar-refractivity contribution in [1.29, 1.82) is 0 Å². The Labute approximate surface area is 82.9 Å². The molecule has 1 aromatic carbocycles. The highest BCUT2D eigenvalue weighted by molar-refractivity contribution is 5.26. The first-order chi connectivity index (χ1) is 6.52. The molecule has 14 heavy (non-hydrogen) atoms. The highest BCUT2D eigenvalue weighted by Gasteiger charge is 2.11. The second-order valence-electron chi connectivity index (χ2n) is 3.67. The molecule has 0 amide bonds. The summed E-state index contributed by atoms with van der Waals surface area (Å²) in [5, 5.41) is 0. The third kappa shape index (κ3) is 2.51. The third-order valence-electron chi connectivity index (χ3n) is 2.23. The van der Waals surface area contributed by atoms with Crippen LogP contribution in [-0.2, 0) is 6.42 Å². The van der Waals surface area contributed by atoms with Gasteiger partial charge in [0.25, 0.3) is 0 Å². The van der Waals surface area contributed by atoms with Gasteiger partial charge < -0.3 is 5.73 Å². The van der Waals surface area contributed by atoms with Gasteiger partial charge in [-0.3, -0.25) is 0 Å². The Morgan fingerprint density at radius 2 is 2.00 bits per heavy atom. The van der Waals surface area contributed by atoms with Gasteiger partial charge in [-0.05, 0) is 38.3 Å². The van der Waals surface area contributed by atoms with Crippen molar-refractivity contribution < 1.29 is 8.78 Å². The van der Waals surface area contributed by atoms with Crippen molar-refractivity contribution in [3.63, 3.8) is 0 Å². The lowest BCUT2D eigenvalue weighted by molar-refractivity contribution is 0.535. The Hall–Kier alpha value is -0.960. The molecule has 0 heterocycles. The Morgan fingerprint density at radius 1 is 1.36 bits per heavy atom. The monoisotopic (exact) mass is 199 g/mol. The van der Waals surface area contributed by atoms with Crippen molar-refractivity contribution in [3.05, 3.63) is 34.9 Å². The summed E-state index contributed by atoms with van der Waals surface area (Å²) in [6.45, 7) is 3.45. The van der Waals surface area contributed by atoms with Gasteiger partial charge in [0.15, 0.2) is 0 Å². The maximum absolute atomic E-state index is 13.4. The smallest absolute Gasteiger partial charge is 0.132 e. The summed E-state index contributed by atoms with van der Waals surface area (Å²) < 4.78 is 26.6. The van der Waals surface area contributed by atoms with Crippen LogP contribution in [0.4, 0.5) is 8.78 Å². The fourth-order valence-electron chi connectivity index (χ4n) is 1.32. The van der Waals surface area contributed by atoms with Crippen LogP contribution in [0.1, 0.15) is 24.5 Å². The molecule has 1 aromatic rings.